The van der Waals surface area contributed by atoms with Crippen LogP contribution >= 0.6 is 31.9 Å². The van der Waals surface area contributed by atoms with E-state index in [1.165, 1.54) is 28.8 Å². The van der Waals surface area contributed by atoms with Crippen molar-refractivity contribution in [3.05, 3.63) is 68.9 Å². The number of benzene rings is 2. The minimum Gasteiger partial charge on any atom is -0.207 e. The van der Waals surface area contributed by atoms with Gasteiger partial charge in [0.15, 0.2) is 0 Å². The summed E-state index contributed by atoms with van der Waals surface area (Å²) in [5.41, 5.74) is 4.95. The summed E-state index contributed by atoms with van der Waals surface area (Å²) in [6.45, 7) is 4.31. The molecule has 106 valence electrons. The number of alkyl halides is 1. The largest absolute Gasteiger partial charge is 0.207 e. The molecule has 2 aromatic rings. The first-order valence-electron chi connectivity index (χ1n) is 6.77. The van der Waals surface area contributed by atoms with Gasteiger partial charge in [-0.2, -0.15) is 0 Å². The zero-order chi connectivity index (χ0) is 14.7. The third kappa shape index (κ3) is 3.32. The Balaban J connectivity index is 2.48. The Morgan fingerprint density at radius 3 is 2.35 bits per heavy atom. The van der Waals surface area contributed by atoms with Crippen LogP contribution in [0.25, 0.3) is 0 Å². The summed E-state index contributed by atoms with van der Waals surface area (Å²) in [6.07, 6.45) is 2.00. The molecule has 0 spiro atoms. The van der Waals surface area contributed by atoms with Crippen LogP contribution in [-0.2, 0) is 12.8 Å². The summed E-state index contributed by atoms with van der Waals surface area (Å²) in [4.78, 5) is 0.0684. The van der Waals surface area contributed by atoms with E-state index in [0.29, 0.717) is 0 Å². The van der Waals surface area contributed by atoms with Crippen molar-refractivity contribution >= 4 is 31.9 Å². The zero-order valence-electron chi connectivity index (χ0n) is 11.6. The van der Waals surface area contributed by atoms with Crippen LogP contribution in [0.3, 0.4) is 0 Å². The average Bonchev–Trinajstić information content (AvgIpc) is 2.46. The molecule has 0 saturated heterocycles. The molecule has 1 atom stereocenters. The van der Waals surface area contributed by atoms with Crippen LogP contribution in [0.2, 0.25) is 0 Å². The van der Waals surface area contributed by atoms with Crippen LogP contribution in [0.1, 0.15) is 40.9 Å². The molecule has 0 aliphatic rings. The van der Waals surface area contributed by atoms with Crippen LogP contribution in [0, 0.1) is 5.82 Å². The molecule has 2 aromatic carbocycles. The Morgan fingerprint density at radius 1 is 1.00 bits per heavy atom. The highest BCUT2D eigenvalue weighted by molar-refractivity contribution is 9.11. The molecule has 3 heteroatoms. The second-order valence-electron chi connectivity index (χ2n) is 4.77. The molecule has 0 nitrogen and oxygen atoms in total. The lowest BCUT2D eigenvalue weighted by molar-refractivity contribution is 0.626. The van der Waals surface area contributed by atoms with Crippen molar-refractivity contribution in [2.45, 2.75) is 31.5 Å². The maximum absolute atomic E-state index is 13.2. The number of aryl methyl sites for hydroxylation is 2. The molecular formula is C17H17Br2F. The molecule has 0 N–H and O–H groups in total. The minimum atomic E-state index is -0.224. The van der Waals surface area contributed by atoms with E-state index in [4.69, 9.17) is 0 Å². The second kappa shape index (κ2) is 6.86. The van der Waals surface area contributed by atoms with Crippen molar-refractivity contribution in [3.8, 4) is 0 Å². The predicted octanol–water partition coefficient (Wildman–Crippen LogP) is 6.20. The minimum absolute atomic E-state index is 0.0684. The second-order valence-corrected chi connectivity index (χ2v) is 6.54. The summed E-state index contributed by atoms with van der Waals surface area (Å²) in [6, 6.07) is 11.5. The number of hydrogen-bond acceptors (Lipinski definition) is 0. The Labute approximate surface area is 136 Å². The normalized spacial score (nSPS) is 12.4. The van der Waals surface area contributed by atoms with Gasteiger partial charge < -0.3 is 0 Å². The Hall–Kier alpha value is -0.670. The molecule has 0 radical (unpaired) electrons. The summed E-state index contributed by atoms with van der Waals surface area (Å²) in [5.74, 6) is -0.224. The average molecular weight is 400 g/mol. The van der Waals surface area contributed by atoms with E-state index in [9.17, 15) is 4.39 Å². The lowest BCUT2D eigenvalue weighted by Gasteiger charge is -2.17. The fourth-order valence-corrected chi connectivity index (χ4v) is 4.01. The van der Waals surface area contributed by atoms with Gasteiger partial charge in [-0.15, -0.1) is 0 Å². The first kappa shape index (κ1) is 15.7. The Bertz CT molecular complexity index is 608. The van der Waals surface area contributed by atoms with E-state index >= 15 is 0 Å². The van der Waals surface area contributed by atoms with Crippen LogP contribution in [-0.4, -0.2) is 0 Å². The van der Waals surface area contributed by atoms with Gasteiger partial charge in [-0.1, -0.05) is 70.0 Å². The summed E-state index contributed by atoms with van der Waals surface area (Å²) < 4.78 is 14.0. The van der Waals surface area contributed by atoms with E-state index in [1.807, 2.05) is 6.07 Å². The Morgan fingerprint density at radius 2 is 1.75 bits per heavy atom. The van der Waals surface area contributed by atoms with Gasteiger partial charge in [0.2, 0.25) is 0 Å². The number of halogens is 3. The fraction of sp³-hybridized carbons (Fsp3) is 0.294. The molecule has 0 aliphatic heterocycles. The third-order valence-corrected chi connectivity index (χ3v) is 5.18. The molecule has 0 saturated carbocycles. The van der Waals surface area contributed by atoms with Gasteiger partial charge in [-0.25, -0.2) is 4.39 Å². The van der Waals surface area contributed by atoms with Crippen LogP contribution in [0.5, 0.6) is 0 Å². The van der Waals surface area contributed by atoms with Crippen molar-refractivity contribution in [3.63, 3.8) is 0 Å². The molecular weight excluding hydrogens is 383 g/mol. The van der Waals surface area contributed by atoms with Gasteiger partial charge in [0.05, 0.1) is 4.83 Å². The molecule has 0 fully saturated rings. The van der Waals surface area contributed by atoms with Crippen molar-refractivity contribution in [2.24, 2.45) is 0 Å². The van der Waals surface area contributed by atoms with Gasteiger partial charge in [0, 0.05) is 4.47 Å². The number of hydrogen-bond donors (Lipinski definition) is 0. The van der Waals surface area contributed by atoms with Crippen LogP contribution < -0.4 is 0 Å². The van der Waals surface area contributed by atoms with Gasteiger partial charge in [-0.3, -0.25) is 0 Å². The van der Waals surface area contributed by atoms with Crippen LogP contribution in [0.4, 0.5) is 4.39 Å². The summed E-state index contributed by atoms with van der Waals surface area (Å²) in [7, 11) is 0. The van der Waals surface area contributed by atoms with E-state index in [2.05, 4.69) is 63.9 Å². The highest BCUT2D eigenvalue weighted by Crippen LogP contribution is 2.37. The molecule has 1 unspecified atom stereocenters. The topological polar surface area (TPSA) is 0 Å². The SMILES string of the molecule is CCc1ccc(CC)c(C(Br)c2ccc(F)cc2Br)c1. The monoisotopic (exact) mass is 398 g/mol. The molecule has 0 amide bonds. The van der Waals surface area contributed by atoms with E-state index in [0.717, 1.165) is 22.9 Å². The van der Waals surface area contributed by atoms with E-state index < -0.39 is 0 Å². The molecule has 2 rings (SSSR count). The lowest BCUT2D eigenvalue weighted by atomic mass is 9.95. The maximum Gasteiger partial charge on any atom is 0.124 e. The molecule has 0 bridgehead atoms. The highest BCUT2D eigenvalue weighted by atomic mass is 79.9. The highest BCUT2D eigenvalue weighted by Gasteiger charge is 2.17. The predicted molar refractivity (Wildman–Crippen MR) is 90.1 cm³/mol. The standard InChI is InChI=1S/C17H17Br2F/c1-3-11-5-6-12(4-2)15(9-11)17(19)14-8-7-13(20)10-16(14)18/h5-10,17H,3-4H2,1-2H3. The first-order chi connectivity index (χ1) is 9.56. The first-order valence-corrected chi connectivity index (χ1v) is 8.48. The van der Waals surface area contributed by atoms with Crippen molar-refractivity contribution < 1.29 is 4.39 Å². The zero-order valence-corrected chi connectivity index (χ0v) is 14.8. The van der Waals surface area contributed by atoms with Crippen LogP contribution in [0.15, 0.2) is 40.9 Å². The molecule has 0 heterocycles. The van der Waals surface area contributed by atoms with Crippen molar-refractivity contribution in [2.75, 3.05) is 0 Å². The van der Waals surface area contributed by atoms with Crippen molar-refractivity contribution in [1.29, 1.82) is 0 Å². The van der Waals surface area contributed by atoms with E-state index in [1.54, 1.807) is 0 Å². The molecule has 20 heavy (non-hydrogen) atoms. The molecule has 0 aromatic heterocycles. The fourth-order valence-electron chi connectivity index (χ4n) is 2.30. The number of rotatable bonds is 4. The van der Waals surface area contributed by atoms with Gasteiger partial charge in [0.25, 0.3) is 0 Å². The third-order valence-electron chi connectivity index (χ3n) is 3.51. The van der Waals surface area contributed by atoms with Gasteiger partial charge in [-0.05, 0) is 47.2 Å². The summed E-state index contributed by atoms with van der Waals surface area (Å²) in [5, 5.41) is 0. The van der Waals surface area contributed by atoms with Crippen molar-refractivity contribution in [1.82, 2.24) is 0 Å². The van der Waals surface area contributed by atoms with Gasteiger partial charge in [0.1, 0.15) is 5.82 Å². The quantitative estimate of drug-likeness (QED) is 0.537. The molecule has 0 aliphatic carbocycles. The Kier molecular flexibility index (Phi) is 5.39. The smallest absolute Gasteiger partial charge is 0.124 e. The van der Waals surface area contributed by atoms with Gasteiger partial charge >= 0.3 is 0 Å². The summed E-state index contributed by atoms with van der Waals surface area (Å²) >= 11 is 7.23. The lowest BCUT2D eigenvalue weighted by Crippen LogP contribution is -2.01. The van der Waals surface area contributed by atoms with E-state index in [-0.39, 0.29) is 10.6 Å². The maximum atomic E-state index is 13.2.